The molecular formula is C11H9F2N. The van der Waals surface area contributed by atoms with Crippen molar-refractivity contribution in [2.24, 2.45) is 5.73 Å². The van der Waals surface area contributed by atoms with E-state index in [1.54, 1.807) is 12.2 Å². The third-order valence-electron chi connectivity index (χ3n) is 2.21. The second-order valence-electron chi connectivity index (χ2n) is 3.14. The normalized spacial score (nSPS) is 23.1. The van der Waals surface area contributed by atoms with Gasteiger partial charge in [0.25, 0.3) is 5.92 Å². The van der Waals surface area contributed by atoms with Gasteiger partial charge in [0.1, 0.15) is 0 Å². The van der Waals surface area contributed by atoms with Gasteiger partial charge in [-0.2, -0.15) is 8.78 Å². The smallest absolute Gasteiger partial charge is 0.300 e. The lowest BCUT2D eigenvalue weighted by molar-refractivity contribution is 0.0901. The van der Waals surface area contributed by atoms with E-state index in [-0.39, 0.29) is 16.8 Å². The van der Waals surface area contributed by atoms with E-state index in [1.807, 2.05) is 0 Å². The number of rotatable bonds is 0. The summed E-state index contributed by atoms with van der Waals surface area (Å²) in [6.45, 7) is 0. The fourth-order valence-electron chi connectivity index (χ4n) is 1.46. The minimum Gasteiger partial charge on any atom is -0.398 e. The van der Waals surface area contributed by atoms with Crippen LogP contribution in [0.1, 0.15) is 0 Å². The van der Waals surface area contributed by atoms with Crippen LogP contribution in [-0.2, 0) is 0 Å². The molecule has 72 valence electrons. The Hall–Kier alpha value is -1.64. The van der Waals surface area contributed by atoms with Gasteiger partial charge in [-0.3, -0.25) is 0 Å². The van der Waals surface area contributed by atoms with Gasteiger partial charge in [-0.05, 0) is 6.08 Å². The number of allylic oxidation sites excluding steroid dienone is 9. The number of hydrogen-bond acceptors (Lipinski definition) is 1. The van der Waals surface area contributed by atoms with Gasteiger partial charge in [-0.15, -0.1) is 0 Å². The largest absolute Gasteiger partial charge is 0.398 e. The van der Waals surface area contributed by atoms with Crippen LogP contribution in [0.2, 0.25) is 0 Å². The molecule has 2 rings (SSSR count). The molecule has 1 nitrogen and oxygen atoms in total. The Labute approximate surface area is 80.6 Å². The molecule has 2 N–H and O–H groups in total. The summed E-state index contributed by atoms with van der Waals surface area (Å²) in [6, 6.07) is 0. The van der Waals surface area contributed by atoms with E-state index in [2.05, 4.69) is 0 Å². The van der Waals surface area contributed by atoms with E-state index >= 15 is 0 Å². The summed E-state index contributed by atoms with van der Waals surface area (Å²) >= 11 is 0. The number of alkyl halides is 2. The van der Waals surface area contributed by atoms with Gasteiger partial charge >= 0.3 is 0 Å². The van der Waals surface area contributed by atoms with E-state index in [1.165, 1.54) is 30.4 Å². The van der Waals surface area contributed by atoms with Crippen molar-refractivity contribution in [3.05, 3.63) is 59.4 Å². The summed E-state index contributed by atoms with van der Waals surface area (Å²) < 4.78 is 27.5. The van der Waals surface area contributed by atoms with Crippen LogP contribution in [0.3, 0.4) is 0 Å². The molecular weight excluding hydrogens is 184 g/mol. The van der Waals surface area contributed by atoms with Crippen molar-refractivity contribution in [3.63, 3.8) is 0 Å². The van der Waals surface area contributed by atoms with Crippen LogP contribution >= 0.6 is 0 Å². The quantitative estimate of drug-likeness (QED) is 0.628. The van der Waals surface area contributed by atoms with Crippen LogP contribution < -0.4 is 5.73 Å². The monoisotopic (exact) mass is 193 g/mol. The summed E-state index contributed by atoms with van der Waals surface area (Å²) in [7, 11) is 0. The van der Waals surface area contributed by atoms with Crippen molar-refractivity contribution in [1.82, 2.24) is 0 Å². The Morgan fingerprint density at radius 3 is 2.50 bits per heavy atom. The molecule has 2 aliphatic carbocycles. The minimum atomic E-state index is -2.99. The first-order valence-corrected chi connectivity index (χ1v) is 4.24. The fourth-order valence-corrected chi connectivity index (χ4v) is 1.46. The van der Waals surface area contributed by atoms with Gasteiger partial charge in [-0.25, -0.2) is 0 Å². The zero-order chi connectivity index (χ0) is 10.2. The average molecular weight is 193 g/mol. The average Bonchev–Trinajstić information content (AvgIpc) is 2.32. The summed E-state index contributed by atoms with van der Waals surface area (Å²) in [4.78, 5) is 0. The van der Waals surface area contributed by atoms with Crippen LogP contribution in [0, 0.1) is 0 Å². The van der Waals surface area contributed by atoms with Crippen LogP contribution in [-0.4, -0.2) is 5.92 Å². The first-order chi connectivity index (χ1) is 6.62. The topological polar surface area (TPSA) is 26.0 Å². The molecule has 0 aromatic heterocycles. The molecule has 0 heterocycles. The number of fused-ring (bicyclic) bond motifs is 2. The predicted octanol–water partition coefficient (Wildman–Crippen LogP) is 2.46. The van der Waals surface area contributed by atoms with E-state index in [9.17, 15) is 8.78 Å². The van der Waals surface area contributed by atoms with Gasteiger partial charge in [0, 0.05) is 16.8 Å². The van der Waals surface area contributed by atoms with E-state index in [0.717, 1.165) is 0 Å². The molecule has 0 aromatic rings. The Morgan fingerprint density at radius 1 is 1.00 bits per heavy atom. The Morgan fingerprint density at radius 2 is 1.71 bits per heavy atom. The van der Waals surface area contributed by atoms with Gasteiger partial charge in [0.15, 0.2) is 0 Å². The molecule has 2 aliphatic rings. The maximum Gasteiger partial charge on any atom is 0.300 e. The number of halogens is 2. The van der Waals surface area contributed by atoms with Crippen LogP contribution in [0.5, 0.6) is 0 Å². The van der Waals surface area contributed by atoms with Crippen LogP contribution in [0.4, 0.5) is 8.78 Å². The standard InChI is InChI=1S/C11H9F2N/c12-11(13)8-4-1-2-6-9(11)10(14)7-3-5-8/h1-7H,14H2. The van der Waals surface area contributed by atoms with Crippen LogP contribution in [0.25, 0.3) is 0 Å². The number of hydrogen-bond donors (Lipinski definition) is 1. The van der Waals surface area contributed by atoms with Crippen molar-refractivity contribution in [1.29, 1.82) is 0 Å². The SMILES string of the molecule is NC1=CC=CC2=CC=CC=C1C2(F)F. The molecule has 14 heavy (non-hydrogen) atoms. The summed E-state index contributed by atoms with van der Waals surface area (Å²) in [6.07, 6.45) is 10.3. The van der Waals surface area contributed by atoms with Crippen molar-refractivity contribution in [2.45, 2.75) is 5.92 Å². The second kappa shape index (κ2) is 2.94. The van der Waals surface area contributed by atoms with E-state index in [0.29, 0.717) is 0 Å². The maximum absolute atomic E-state index is 13.7. The van der Waals surface area contributed by atoms with Crippen molar-refractivity contribution < 1.29 is 8.78 Å². The molecule has 0 fully saturated rings. The third kappa shape index (κ3) is 1.21. The molecule has 0 unspecified atom stereocenters. The zero-order valence-electron chi connectivity index (χ0n) is 7.37. The van der Waals surface area contributed by atoms with Crippen LogP contribution in [0.15, 0.2) is 59.4 Å². The van der Waals surface area contributed by atoms with Gasteiger partial charge in [-0.1, -0.05) is 36.5 Å². The minimum absolute atomic E-state index is 0.0331. The molecule has 0 radical (unpaired) electrons. The maximum atomic E-state index is 13.7. The molecule has 0 saturated heterocycles. The van der Waals surface area contributed by atoms with Crippen molar-refractivity contribution >= 4 is 0 Å². The first kappa shape index (κ1) is 8.94. The highest BCUT2D eigenvalue weighted by atomic mass is 19.3. The molecule has 0 aliphatic heterocycles. The molecule has 0 spiro atoms. The third-order valence-corrected chi connectivity index (χ3v) is 2.21. The Balaban J connectivity index is 2.67. The second-order valence-corrected chi connectivity index (χ2v) is 3.14. The lowest BCUT2D eigenvalue weighted by atomic mass is 10.0. The fraction of sp³-hybridized carbons (Fsp3) is 0.0909. The number of nitrogens with two attached hydrogens (primary N) is 1. The highest BCUT2D eigenvalue weighted by Crippen LogP contribution is 2.38. The van der Waals surface area contributed by atoms with Gasteiger partial charge in [0.2, 0.25) is 0 Å². The predicted molar refractivity (Wildman–Crippen MR) is 51.7 cm³/mol. The highest BCUT2D eigenvalue weighted by Gasteiger charge is 2.39. The molecule has 0 saturated carbocycles. The Bertz CT molecular complexity index is 409. The summed E-state index contributed by atoms with van der Waals surface area (Å²) in [5, 5.41) is 0. The molecule has 0 atom stereocenters. The summed E-state index contributed by atoms with van der Waals surface area (Å²) in [5.41, 5.74) is 5.47. The van der Waals surface area contributed by atoms with E-state index < -0.39 is 5.92 Å². The zero-order valence-corrected chi connectivity index (χ0v) is 7.37. The summed E-state index contributed by atoms with van der Waals surface area (Å²) in [5.74, 6) is -2.99. The molecule has 0 amide bonds. The molecule has 0 aromatic carbocycles. The van der Waals surface area contributed by atoms with Gasteiger partial charge < -0.3 is 5.73 Å². The van der Waals surface area contributed by atoms with Crippen molar-refractivity contribution in [2.75, 3.05) is 0 Å². The molecule has 3 heteroatoms. The molecule has 2 bridgehead atoms. The van der Waals surface area contributed by atoms with E-state index in [4.69, 9.17) is 5.73 Å². The lowest BCUT2D eigenvalue weighted by Gasteiger charge is -2.18. The van der Waals surface area contributed by atoms with Crippen molar-refractivity contribution in [3.8, 4) is 0 Å². The Kier molecular flexibility index (Phi) is 1.88. The highest BCUT2D eigenvalue weighted by molar-refractivity contribution is 5.53. The lowest BCUT2D eigenvalue weighted by Crippen LogP contribution is -2.24. The first-order valence-electron chi connectivity index (χ1n) is 4.24. The van der Waals surface area contributed by atoms with Gasteiger partial charge in [0.05, 0.1) is 0 Å².